The van der Waals surface area contributed by atoms with Gasteiger partial charge in [0.2, 0.25) is 0 Å². The minimum atomic E-state index is -0.372. The molecule has 1 N–H and O–H groups in total. The van der Waals surface area contributed by atoms with Gasteiger partial charge < -0.3 is 10.1 Å². The van der Waals surface area contributed by atoms with E-state index in [0.717, 1.165) is 16.0 Å². The van der Waals surface area contributed by atoms with E-state index in [1.54, 1.807) is 38.4 Å². The van der Waals surface area contributed by atoms with Crippen molar-refractivity contribution in [2.75, 3.05) is 12.4 Å². The van der Waals surface area contributed by atoms with Crippen molar-refractivity contribution in [1.82, 2.24) is 9.13 Å². The number of methoxy groups -OCH3 is 1. The highest BCUT2D eigenvalue weighted by atomic mass is 16.5. The molecule has 1 aromatic carbocycles. The minimum Gasteiger partial charge on any atom is -0.497 e. The van der Waals surface area contributed by atoms with Gasteiger partial charge in [0.1, 0.15) is 11.6 Å². The van der Waals surface area contributed by atoms with E-state index in [1.165, 1.54) is 17.7 Å². The Balaban J connectivity index is 2.38. The van der Waals surface area contributed by atoms with Gasteiger partial charge >= 0.3 is 5.69 Å². The molecule has 0 spiro atoms. The lowest BCUT2D eigenvalue weighted by atomic mass is 10.3. The topological polar surface area (TPSA) is 65.3 Å². The van der Waals surface area contributed by atoms with Crippen LogP contribution < -0.4 is 21.3 Å². The normalized spacial score (nSPS) is 10.3. The Labute approximate surface area is 109 Å². The highest BCUT2D eigenvalue weighted by Crippen LogP contribution is 2.18. The third kappa shape index (κ3) is 2.52. The molecule has 2 rings (SSSR count). The third-order valence-corrected chi connectivity index (χ3v) is 2.89. The van der Waals surface area contributed by atoms with Crippen LogP contribution in [0.15, 0.2) is 39.9 Å². The van der Waals surface area contributed by atoms with Gasteiger partial charge in [-0.3, -0.25) is 13.9 Å². The van der Waals surface area contributed by atoms with Crippen molar-refractivity contribution in [1.29, 1.82) is 0 Å². The van der Waals surface area contributed by atoms with E-state index in [0.29, 0.717) is 5.82 Å². The molecule has 0 unspecified atom stereocenters. The molecule has 6 nitrogen and oxygen atoms in total. The molecule has 1 heterocycles. The van der Waals surface area contributed by atoms with Gasteiger partial charge in [0.15, 0.2) is 0 Å². The molecule has 2 aromatic rings. The van der Waals surface area contributed by atoms with E-state index in [9.17, 15) is 9.59 Å². The summed E-state index contributed by atoms with van der Waals surface area (Å²) < 4.78 is 7.50. The van der Waals surface area contributed by atoms with E-state index in [4.69, 9.17) is 4.74 Å². The molecule has 0 bridgehead atoms. The number of aromatic nitrogens is 2. The van der Waals surface area contributed by atoms with Crippen LogP contribution in [0.3, 0.4) is 0 Å². The first-order valence-electron chi connectivity index (χ1n) is 5.71. The fourth-order valence-electron chi connectivity index (χ4n) is 1.68. The van der Waals surface area contributed by atoms with E-state index < -0.39 is 0 Å². The monoisotopic (exact) mass is 261 g/mol. The zero-order valence-corrected chi connectivity index (χ0v) is 11.0. The molecule has 19 heavy (non-hydrogen) atoms. The van der Waals surface area contributed by atoms with Crippen LogP contribution in [0.5, 0.6) is 5.75 Å². The van der Waals surface area contributed by atoms with Gasteiger partial charge in [0.05, 0.1) is 7.11 Å². The summed E-state index contributed by atoms with van der Waals surface area (Å²) in [6, 6.07) is 8.58. The van der Waals surface area contributed by atoms with Gasteiger partial charge in [-0.15, -0.1) is 0 Å². The second-order valence-corrected chi connectivity index (χ2v) is 4.12. The fraction of sp³-hybridized carbons (Fsp3) is 0.231. The van der Waals surface area contributed by atoms with Crippen molar-refractivity contribution in [3.63, 3.8) is 0 Å². The van der Waals surface area contributed by atoms with Gasteiger partial charge in [-0.1, -0.05) is 0 Å². The van der Waals surface area contributed by atoms with Crippen LogP contribution in [0.25, 0.3) is 0 Å². The average molecular weight is 261 g/mol. The van der Waals surface area contributed by atoms with E-state index >= 15 is 0 Å². The van der Waals surface area contributed by atoms with Gasteiger partial charge in [0.25, 0.3) is 5.56 Å². The Morgan fingerprint density at radius 2 is 1.68 bits per heavy atom. The smallest absolute Gasteiger partial charge is 0.332 e. The summed E-state index contributed by atoms with van der Waals surface area (Å²) in [5.41, 5.74) is 0.0478. The summed E-state index contributed by atoms with van der Waals surface area (Å²) in [4.78, 5) is 23.4. The van der Waals surface area contributed by atoms with Crippen LogP contribution in [-0.2, 0) is 14.1 Å². The van der Waals surface area contributed by atoms with Crippen molar-refractivity contribution < 1.29 is 4.74 Å². The first kappa shape index (κ1) is 12.9. The zero-order chi connectivity index (χ0) is 14.0. The molecular weight excluding hydrogens is 246 g/mol. The SMILES string of the molecule is COc1ccc(Nc2cc(=O)n(C)c(=O)n2C)cc1. The van der Waals surface area contributed by atoms with Crippen LogP contribution in [0.1, 0.15) is 0 Å². The predicted molar refractivity (Wildman–Crippen MR) is 73.2 cm³/mol. The van der Waals surface area contributed by atoms with Crippen LogP contribution >= 0.6 is 0 Å². The van der Waals surface area contributed by atoms with Gasteiger partial charge in [-0.2, -0.15) is 0 Å². The first-order valence-corrected chi connectivity index (χ1v) is 5.71. The lowest BCUT2D eigenvalue weighted by molar-refractivity contribution is 0.415. The second kappa shape index (κ2) is 5.01. The number of ether oxygens (including phenoxy) is 1. The van der Waals surface area contributed by atoms with E-state index in [2.05, 4.69) is 5.32 Å². The Morgan fingerprint density at radius 1 is 1.05 bits per heavy atom. The number of rotatable bonds is 3. The molecule has 0 radical (unpaired) electrons. The molecule has 0 saturated carbocycles. The van der Waals surface area contributed by atoms with Crippen molar-refractivity contribution in [2.45, 2.75) is 0 Å². The number of anilines is 2. The molecule has 0 aliphatic carbocycles. The van der Waals surface area contributed by atoms with Crippen molar-refractivity contribution in [3.05, 3.63) is 51.2 Å². The Kier molecular flexibility index (Phi) is 3.41. The Hall–Kier alpha value is -2.50. The molecule has 0 atom stereocenters. The second-order valence-electron chi connectivity index (χ2n) is 4.12. The van der Waals surface area contributed by atoms with E-state index in [-0.39, 0.29) is 11.2 Å². The zero-order valence-electron chi connectivity index (χ0n) is 11.0. The highest BCUT2D eigenvalue weighted by Gasteiger charge is 2.05. The number of benzene rings is 1. The lowest BCUT2D eigenvalue weighted by Crippen LogP contribution is -2.37. The molecule has 0 aliphatic rings. The molecule has 6 heteroatoms. The summed E-state index contributed by atoms with van der Waals surface area (Å²) in [6.45, 7) is 0. The van der Waals surface area contributed by atoms with Crippen LogP contribution in [-0.4, -0.2) is 16.2 Å². The van der Waals surface area contributed by atoms with Crippen molar-refractivity contribution >= 4 is 11.5 Å². The van der Waals surface area contributed by atoms with Crippen LogP contribution in [0.4, 0.5) is 11.5 Å². The summed E-state index contributed by atoms with van der Waals surface area (Å²) in [5.74, 6) is 1.18. The predicted octanol–water partition coefficient (Wildman–Crippen LogP) is 0.836. The van der Waals surface area contributed by atoms with E-state index in [1.807, 2.05) is 0 Å². The third-order valence-electron chi connectivity index (χ3n) is 2.89. The van der Waals surface area contributed by atoms with Crippen molar-refractivity contribution in [2.24, 2.45) is 14.1 Å². The highest BCUT2D eigenvalue weighted by molar-refractivity contribution is 5.57. The molecule has 0 aliphatic heterocycles. The maximum absolute atomic E-state index is 11.8. The lowest BCUT2D eigenvalue weighted by Gasteiger charge is -2.12. The maximum atomic E-state index is 11.8. The van der Waals surface area contributed by atoms with Crippen molar-refractivity contribution in [3.8, 4) is 5.75 Å². The van der Waals surface area contributed by atoms with Gasteiger partial charge in [-0.05, 0) is 24.3 Å². The summed E-state index contributed by atoms with van der Waals surface area (Å²) in [6.07, 6.45) is 0. The Morgan fingerprint density at radius 3 is 2.26 bits per heavy atom. The largest absolute Gasteiger partial charge is 0.497 e. The fourth-order valence-corrected chi connectivity index (χ4v) is 1.68. The standard InChI is InChI=1S/C13H15N3O3/c1-15-11(8-12(17)16(2)13(15)18)14-9-4-6-10(19-3)7-5-9/h4-8,14H,1-3H3. The molecule has 0 saturated heterocycles. The summed E-state index contributed by atoms with van der Waals surface area (Å²) >= 11 is 0. The number of nitrogens with one attached hydrogen (secondary N) is 1. The van der Waals surface area contributed by atoms with Gasteiger partial charge in [0, 0.05) is 25.8 Å². The maximum Gasteiger partial charge on any atom is 0.332 e. The molecular formula is C13H15N3O3. The first-order chi connectivity index (χ1) is 9.02. The molecule has 0 fully saturated rings. The summed E-state index contributed by atoms with van der Waals surface area (Å²) in [5, 5.41) is 3.03. The van der Waals surface area contributed by atoms with Crippen LogP contribution in [0.2, 0.25) is 0 Å². The number of hydrogen-bond donors (Lipinski definition) is 1. The van der Waals surface area contributed by atoms with Crippen LogP contribution in [0, 0.1) is 0 Å². The summed E-state index contributed by atoms with van der Waals surface area (Å²) in [7, 11) is 4.64. The molecule has 0 amide bonds. The Bertz CT molecular complexity index is 699. The minimum absolute atomic E-state index is 0.348. The average Bonchev–Trinajstić information content (AvgIpc) is 2.43. The quantitative estimate of drug-likeness (QED) is 0.889. The number of hydrogen-bond acceptors (Lipinski definition) is 4. The number of nitrogens with zero attached hydrogens (tertiary/aromatic N) is 2. The molecule has 100 valence electrons. The van der Waals surface area contributed by atoms with Gasteiger partial charge in [-0.25, -0.2) is 4.79 Å². The molecule has 1 aromatic heterocycles.